The fourth-order valence-electron chi connectivity index (χ4n) is 3.35. The van der Waals surface area contributed by atoms with Crippen molar-refractivity contribution in [1.29, 1.82) is 0 Å². The van der Waals surface area contributed by atoms with Crippen molar-refractivity contribution in [1.82, 2.24) is 9.80 Å². The largest absolute Gasteiger partial charge is 0.305 e. The summed E-state index contributed by atoms with van der Waals surface area (Å²) in [5.41, 5.74) is -0.0323. The predicted octanol–water partition coefficient (Wildman–Crippen LogP) is 2.02. The third-order valence-corrected chi connectivity index (χ3v) is 4.87. The molecule has 2 rings (SSSR count). The van der Waals surface area contributed by atoms with Crippen molar-refractivity contribution in [3.8, 4) is 0 Å². The summed E-state index contributed by atoms with van der Waals surface area (Å²) in [6, 6.07) is 0. The molecule has 0 aromatic rings. The molecule has 0 spiro atoms. The van der Waals surface area contributed by atoms with E-state index in [-0.39, 0.29) is 5.41 Å². The van der Waals surface area contributed by atoms with E-state index in [9.17, 15) is 4.79 Å². The molecule has 0 radical (unpaired) electrons. The Morgan fingerprint density at radius 3 is 2.56 bits per heavy atom. The topological polar surface area (TPSA) is 23.6 Å². The minimum atomic E-state index is -0.0323. The smallest absolute Gasteiger partial charge is 0.127 e. The number of aldehydes is 1. The molecule has 0 N–H and O–H groups in total. The third kappa shape index (κ3) is 3.55. The van der Waals surface area contributed by atoms with Gasteiger partial charge in [-0.3, -0.25) is 0 Å². The van der Waals surface area contributed by atoms with Crippen molar-refractivity contribution in [3.63, 3.8) is 0 Å². The van der Waals surface area contributed by atoms with Crippen LogP contribution in [0.4, 0.5) is 0 Å². The van der Waals surface area contributed by atoms with Gasteiger partial charge in [-0.15, -0.1) is 0 Å². The van der Waals surface area contributed by atoms with Crippen LogP contribution >= 0.6 is 0 Å². The fraction of sp³-hybridized carbons (Fsp3) is 0.933. The van der Waals surface area contributed by atoms with E-state index in [1.54, 1.807) is 0 Å². The Balaban J connectivity index is 1.91. The highest BCUT2D eigenvalue weighted by molar-refractivity contribution is 5.60. The molecule has 104 valence electrons. The van der Waals surface area contributed by atoms with Gasteiger partial charge in [0.25, 0.3) is 0 Å². The molecule has 3 heteroatoms. The monoisotopic (exact) mass is 252 g/mol. The number of rotatable bonds is 3. The highest BCUT2D eigenvalue weighted by atomic mass is 16.1. The number of likely N-dealkylation sites (N-methyl/N-ethyl adjacent to an activating group) is 1. The van der Waals surface area contributed by atoms with Crippen molar-refractivity contribution < 1.29 is 4.79 Å². The van der Waals surface area contributed by atoms with Crippen LogP contribution in [0.3, 0.4) is 0 Å². The van der Waals surface area contributed by atoms with Gasteiger partial charge in [-0.1, -0.05) is 6.92 Å². The van der Waals surface area contributed by atoms with E-state index in [0.29, 0.717) is 0 Å². The molecule has 3 nitrogen and oxygen atoms in total. The lowest BCUT2D eigenvalue weighted by atomic mass is 9.71. The number of carbonyl (C=O) groups excluding carboxylic acids is 1. The van der Waals surface area contributed by atoms with E-state index in [2.05, 4.69) is 23.8 Å². The van der Waals surface area contributed by atoms with Crippen LogP contribution in [0.5, 0.6) is 0 Å². The molecule has 1 heterocycles. The summed E-state index contributed by atoms with van der Waals surface area (Å²) >= 11 is 0. The minimum Gasteiger partial charge on any atom is -0.305 e. The fourth-order valence-corrected chi connectivity index (χ4v) is 3.35. The van der Waals surface area contributed by atoms with E-state index in [4.69, 9.17) is 0 Å². The maximum absolute atomic E-state index is 11.6. The van der Waals surface area contributed by atoms with Gasteiger partial charge in [-0.25, -0.2) is 0 Å². The maximum Gasteiger partial charge on any atom is 0.127 e. The Labute approximate surface area is 112 Å². The summed E-state index contributed by atoms with van der Waals surface area (Å²) in [5.74, 6) is 0.813. The van der Waals surface area contributed by atoms with E-state index in [1.165, 1.54) is 32.1 Å². The molecule has 18 heavy (non-hydrogen) atoms. The zero-order valence-electron chi connectivity index (χ0n) is 12.0. The van der Waals surface area contributed by atoms with Gasteiger partial charge in [0.05, 0.1) is 0 Å². The molecule has 0 atom stereocenters. The van der Waals surface area contributed by atoms with Crippen LogP contribution in [0.2, 0.25) is 0 Å². The summed E-state index contributed by atoms with van der Waals surface area (Å²) in [6.07, 6.45) is 7.17. The number of hydrogen-bond acceptors (Lipinski definition) is 3. The Morgan fingerprint density at radius 1 is 1.17 bits per heavy atom. The summed E-state index contributed by atoms with van der Waals surface area (Å²) in [5, 5.41) is 0. The quantitative estimate of drug-likeness (QED) is 0.718. The van der Waals surface area contributed by atoms with Crippen LogP contribution < -0.4 is 0 Å². The van der Waals surface area contributed by atoms with E-state index in [0.717, 1.165) is 44.9 Å². The zero-order chi connectivity index (χ0) is 13.0. The average molecular weight is 252 g/mol. The van der Waals surface area contributed by atoms with Gasteiger partial charge in [-0.05, 0) is 58.2 Å². The minimum absolute atomic E-state index is 0.0323. The Bertz CT molecular complexity index is 272. The summed E-state index contributed by atoms with van der Waals surface area (Å²) < 4.78 is 0. The van der Waals surface area contributed by atoms with Crippen LogP contribution in [0.15, 0.2) is 0 Å². The summed E-state index contributed by atoms with van der Waals surface area (Å²) in [6.45, 7) is 7.94. The Kier molecular flexibility index (Phi) is 4.79. The van der Waals surface area contributed by atoms with Crippen molar-refractivity contribution in [3.05, 3.63) is 0 Å². The van der Waals surface area contributed by atoms with Gasteiger partial charge in [-0.2, -0.15) is 0 Å². The first-order valence-electron chi connectivity index (χ1n) is 7.51. The Hall–Kier alpha value is -0.410. The number of nitrogens with zero attached hydrogens (tertiary/aromatic N) is 2. The molecule has 0 aromatic heterocycles. The number of hydrogen-bond donors (Lipinski definition) is 0. The van der Waals surface area contributed by atoms with E-state index < -0.39 is 0 Å². The molecule has 1 saturated carbocycles. The summed E-state index contributed by atoms with van der Waals surface area (Å²) in [4.78, 5) is 16.5. The molecule has 1 aliphatic heterocycles. The van der Waals surface area contributed by atoms with E-state index >= 15 is 0 Å². The lowest BCUT2D eigenvalue weighted by Crippen LogP contribution is -2.42. The molecular formula is C15H28N2O. The lowest BCUT2D eigenvalue weighted by molar-refractivity contribution is -0.119. The van der Waals surface area contributed by atoms with Gasteiger partial charge in [0.15, 0.2) is 0 Å². The first-order chi connectivity index (χ1) is 8.63. The summed E-state index contributed by atoms with van der Waals surface area (Å²) in [7, 11) is 2.20. The highest BCUT2D eigenvalue weighted by Gasteiger charge is 2.35. The molecule has 0 amide bonds. The van der Waals surface area contributed by atoms with Gasteiger partial charge in [0, 0.05) is 25.0 Å². The van der Waals surface area contributed by atoms with Crippen molar-refractivity contribution in [2.24, 2.45) is 11.3 Å². The second-order valence-electron chi connectivity index (χ2n) is 6.60. The van der Waals surface area contributed by atoms with Gasteiger partial charge < -0.3 is 14.6 Å². The van der Waals surface area contributed by atoms with Crippen molar-refractivity contribution in [2.75, 3.05) is 39.8 Å². The normalized spacial score (nSPS) is 36.2. The number of carbonyl (C=O) groups is 1. The van der Waals surface area contributed by atoms with Crippen LogP contribution in [0.25, 0.3) is 0 Å². The highest BCUT2D eigenvalue weighted by Crippen LogP contribution is 2.38. The van der Waals surface area contributed by atoms with Crippen LogP contribution in [-0.4, -0.2) is 55.9 Å². The van der Waals surface area contributed by atoms with E-state index in [1.807, 2.05) is 0 Å². The third-order valence-electron chi connectivity index (χ3n) is 4.87. The first-order valence-corrected chi connectivity index (χ1v) is 7.51. The van der Waals surface area contributed by atoms with Crippen molar-refractivity contribution >= 4 is 6.29 Å². The molecule has 2 aliphatic rings. The zero-order valence-corrected chi connectivity index (χ0v) is 12.0. The lowest BCUT2D eigenvalue weighted by Gasteiger charge is -2.38. The predicted molar refractivity (Wildman–Crippen MR) is 74.7 cm³/mol. The van der Waals surface area contributed by atoms with Gasteiger partial charge >= 0.3 is 0 Å². The molecule has 0 bridgehead atoms. The van der Waals surface area contributed by atoms with Gasteiger partial charge in [0.1, 0.15) is 6.29 Å². The van der Waals surface area contributed by atoms with Crippen LogP contribution in [0, 0.1) is 11.3 Å². The molecule has 1 saturated heterocycles. The maximum atomic E-state index is 11.6. The average Bonchev–Trinajstić information content (AvgIpc) is 2.58. The van der Waals surface area contributed by atoms with Gasteiger partial charge in [0.2, 0.25) is 0 Å². The molecule has 1 aliphatic carbocycles. The van der Waals surface area contributed by atoms with Crippen LogP contribution in [0.1, 0.15) is 39.0 Å². The molecule has 2 fully saturated rings. The van der Waals surface area contributed by atoms with Crippen LogP contribution in [-0.2, 0) is 4.79 Å². The molecule has 0 aromatic carbocycles. The van der Waals surface area contributed by atoms with Crippen molar-refractivity contribution in [2.45, 2.75) is 39.0 Å². The second kappa shape index (κ2) is 6.16. The standard InChI is InChI=1S/C15H28N2O/c1-14-4-6-15(13-18,7-5-14)12-17-9-3-8-16(2)10-11-17/h13-14H,3-12H2,1-2H3. The molecule has 0 unspecified atom stereocenters. The first kappa shape index (κ1) is 14.0. The molecular weight excluding hydrogens is 224 g/mol. The SMILES string of the molecule is CC1CCC(C=O)(CN2CCCN(C)CC2)CC1. The Morgan fingerprint density at radius 2 is 1.89 bits per heavy atom. The second-order valence-corrected chi connectivity index (χ2v) is 6.60.